The normalized spacial score (nSPS) is 13.4. The Balaban J connectivity index is 2.05. The predicted molar refractivity (Wildman–Crippen MR) is 130 cm³/mol. The molecule has 0 fully saturated rings. The summed E-state index contributed by atoms with van der Waals surface area (Å²) >= 11 is 5.88. The molecule has 0 saturated heterocycles. The molecule has 0 aromatic heterocycles. The fourth-order valence-corrected chi connectivity index (χ4v) is 3.91. The SMILES string of the molecule is CCCC[C@@H](C[C@@H](CCc1ccc(-c2ccc(F)c(Cl)c2)cc1)C(=O)O)C(=O)OC(C)(C)C. The van der Waals surface area contributed by atoms with Crippen molar-refractivity contribution in [3.63, 3.8) is 0 Å². The summed E-state index contributed by atoms with van der Waals surface area (Å²) in [6, 6.07) is 12.3. The highest BCUT2D eigenvalue weighted by Gasteiger charge is 2.30. The molecule has 2 atom stereocenters. The number of hydrogen-bond donors (Lipinski definition) is 1. The van der Waals surface area contributed by atoms with Crippen molar-refractivity contribution >= 4 is 23.5 Å². The van der Waals surface area contributed by atoms with Crippen LogP contribution in [0.4, 0.5) is 4.39 Å². The van der Waals surface area contributed by atoms with E-state index in [-0.39, 0.29) is 17.4 Å². The van der Waals surface area contributed by atoms with Crippen LogP contribution in [0.15, 0.2) is 42.5 Å². The maximum Gasteiger partial charge on any atom is 0.309 e. The van der Waals surface area contributed by atoms with Crippen LogP contribution in [0.2, 0.25) is 5.02 Å². The number of aryl methyl sites for hydroxylation is 1. The van der Waals surface area contributed by atoms with E-state index in [9.17, 15) is 19.1 Å². The van der Waals surface area contributed by atoms with E-state index in [0.29, 0.717) is 19.3 Å². The van der Waals surface area contributed by atoms with Gasteiger partial charge in [0.15, 0.2) is 0 Å². The monoisotopic (exact) mass is 476 g/mol. The summed E-state index contributed by atoms with van der Waals surface area (Å²) in [5.41, 5.74) is 2.12. The molecule has 33 heavy (non-hydrogen) atoms. The van der Waals surface area contributed by atoms with Crippen LogP contribution in [-0.4, -0.2) is 22.6 Å². The largest absolute Gasteiger partial charge is 0.481 e. The van der Waals surface area contributed by atoms with E-state index in [1.807, 2.05) is 52.0 Å². The van der Waals surface area contributed by atoms with E-state index >= 15 is 0 Å². The number of carboxylic acids is 1. The first-order valence-corrected chi connectivity index (χ1v) is 11.9. The van der Waals surface area contributed by atoms with Crippen LogP contribution in [-0.2, 0) is 20.7 Å². The average Bonchev–Trinajstić information content (AvgIpc) is 2.74. The third kappa shape index (κ3) is 8.81. The number of rotatable bonds is 11. The fraction of sp³-hybridized carbons (Fsp3) is 0.481. The minimum Gasteiger partial charge on any atom is -0.481 e. The highest BCUT2D eigenvalue weighted by molar-refractivity contribution is 6.31. The molecule has 0 bridgehead atoms. The zero-order valence-electron chi connectivity index (χ0n) is 19.9. The van der Waals surface area contributed by atoms with Crippen LogP contribution in [0.25, 0.3) is 11.1 Å². The summed E-state index contributed by atoms with van der Waals surface area (Å²) in [5, 5.41) is 9.86. The van der Waals surface area contributed by atoms with Gasteiger partial charge in [-0.2, -0.15) is 0 Å². The average molecular weight is 477 g/mol. The smallest absolute Gasteiger partial charge is 0.309 e. The number of halogens is 2. The lowest BCUT2D eigenvalue weighted by Gasteiger charge is -2.25. The van der Waals surface area contributed by atoms with Gasteiger partial charge in [0, 0.05) is 0 Å². The zero-order chi connectivity index (χ0) is 24.6. The summed E-state index contributed by atoms with van der Waals surface area (Å²) in [6.45, 7) is 7.50. The Morgan fingerprint density at radius 1 is 1.03 bits per heavy atom. The molecule has 0 unspecified atom stereocenters. The Labute approximate surface area is 201 Å². The van der Waals surface area contributed by atoms with E-state index < -0.39 is 29.2 Å². The van der Waals surface area contributed by atoms with Gasteiger partial charge < -0.3 is 9.84 Å². The van der Waals surface area contributed by atoms with E-state index in [4.69, 9.17) is 16.3 Å². The molecule has 0 amide bonds. The first-order valence-electron chi connectivity index (χ1n) is 11.5. The van der Waals surface area contributed by atoms with Crippen molar-refractivity contribution in [2.75, 3.05) is 0 Å². The van der Waals surface area contributed by atoms with Gasteiger partial charge in [0.1, 0.15) is 11.4 Å². The number of aliphatic carboxylic acids is 1. The predicted octanol–water partition coefficient (Wildman–Crippen LogP) is 7.32. The van der Waals surface area contributed by atoms with Gasteiger partial charge in [-0.1, -0.05) is 61.7 Å². The van der Waals surface area contributed by atoms with Gasteiger partial charge in [0.25, 0.3) is 0 Å². The fourth-order valence-electron chi connectivity index (χ4n) is 3.73. The third-order valence-corrected chi connectivity index (χ3v) is 5.84. The second-order valence-corrected chi connectivity index (χ2v) is 9.92. The molecule has 2 aromatic rings. The van der Waals surface area contributed by atoms with Crippen molar-refractivity contribution in [1.82, 2.24) is 0 Å². The van der Waals surface area contributed by atoms with Gasteiger partial charge in [-0.05, 0) is 75.3 Å². The minimum absolute atomic E-state index is 0.0727. The van der Waals surface area contributed by atoms with Crippen LogP contribution in [0.3, 0.4) is 0 Å². The Morgan fingerprint density at radius 3 is 2.21 bits per heavy atom. The zero-order valence-corrected chi connectivity index (χ0v) is 20.6. The van der Waals surface area contributed by atoms with Crippen molar-refractivity contribution in [2.45, 2.75) is 71.8 Å². The van der Waals surface area contributed by atoms with Crippen LogP contribution < -0.4 is 0 Å². The summed E-state index contributed by atoms with van der Waals surface area (Å²) < 4.78 is 18.9. The van der Waals surface area contributed by atoms with Gasteiger partial charge in [-0.15, -0.1) is 0 Å². The molecular weight excluding hydrogens is 443 g/mol. The van der Waals surface area contributed by atoms with Gasteiger partial charge in [-0.3, -0.25) is 9.59 Å². The Hall–Kier alpha value is -2.40. The van der Waals surface area contributed by atoms with Crippen molar-refractivity contribution in [1.29, 1.82) is 0 Å². The second-order valence-electron chi connectivity index (χ2n) is 9.51. The molecule has 1 N–H and O–H groups in total. The van der Waals surface area contributed by atoms with Crippen LogP contribution >= 0.6 is 11.6 Å². The quantitative estimate of drug-likeness (QED) is 0.345. The van der Waals surface area contributed by atoms with E-state index in [0.717, 1.165) is 29.5 Å². The van der Waals surface area contributed by atoms with E-state index in [2.05, 4.69) is 0 Å². The molecule has 0 aliphatic carbocycles. The van der Waals surface area contributed by atoms with Crippen LogP contribution in [0.1, 0.15) is 65.4 Å². The highest BCUT2D eigenvalue weighted by atomic mass is 35.5. The maximum absolute atomic E-state index is 13.4. The molecule has 180 valence electrons. The molecule has 0 heterocycles. The molecule has 0 aliphatic heterocycles. The van der Waals surface area contributed by atoms with Gasteiger partial charge in [0.05, 0.1) is 16.9 Å². The molecule has 0 aliphatic rings. The van der Waals surface area contributed by atoms with Gasteiger partial charge >= 0.3 is 11.9 Å². The summed E-state index contributed by atoms with van der Waals surface area (Å²) in [7, 11) is 0. The number of esters is 1. The second kappa shape index (κ2) is 12.2. The molecule has 2 rings (SSSR count). The number of unbranched alkanes of at least 4 members (excludes halogenated alkanes) is 1. The number of carbonyl (C=O) groups excluding carboxylic acids is 1. The number of benzene rings is 2. The Kier molecular flexibility index (Phi) is 9.90. The minimum atomic E-state index is -0.891. The lowest BCUT2D eigenvalue weighted by Crippen LogP contribution is -2.31. The summed E-state index contributed by atoms with van der Waals surface area (Å²) in [4.78, 5) is 24.6. The lowest BCUT2D eigenvalue weighted by atomic mass is 9.87. The van der Waals surface area contributed by atoms with Crippen molar-refractivity contribution in [3.8, 4) is 11.1 Å². The van der Waals surface area contributed by atoms with Crippen molar-refractivity contribution in [2.24, 2.45) is 11.8 Å². The van der Waals surface area contributed by atoms with Crippen LogP contribution in [0, 0.1) is 17.7 Å². The highest BCUT2D eigenvalue weighted by Crippen LogP contribution is 2.28. The van der Waals surface area contributed by atoms with Gasteiger partial charge in [-0.25, -0.2) is 4.39 Å². The number of ether oxygens (including phenoxy) is 1. The molecule has 0 saturated carbocycles. The molecule has 2 aromatic carbocycles. The Morgan fingerprint density at radius 2 is 1.67 bits per heavy atom. The third-order valence-electron chi connectivity index (χ3n) is 5.55. The molecular formula is C27H34ClFO4. The Bertz CT molecular complexity index is 934. The van der Waals surface area contributed by atoms with E-state index in [1.165, 1.54) is 6.07 Å². The molecule has 4 nitrogen and oxygen atoms in total. The summed E-state index contributed by atoms with van der Waals surface area (Å²) in [5.74, 6) is -2.71. The topological polar surface area (TPSA) is 63.6 Å². The number of carboxylic acid groups (broad SMARTS) is 1. The maximum atomic E-state index is 13.4. The first-order chi connectivity index (χ1) is 15.5. The molecule has 6 heteroatoms. The first kappa shape index (κ1) is 26.8. The number of hydrogen-bond acceptors (Lipinski definition) is 3. The van der Waals surface area contributed by atoms with Crippen molar-refractivity contribution in [3.05, 3.63) is 58.9 Å². The van der Waals surface area contributed by atoms with Crippen molar-refractivity contribution < 1.29 is 23.8 Å². The van der Waals surface area contributed by atoms with Crippen LogP contribution in [0.5, 0.6) is 0 Å². The van der Waals surface area contributed by atoms with E-state index in [1.54, 1.807) is 12.1 Å². The standard InChI is InChI=1S/C27H34ClFO4/c1-5-6-7-22(26(32)33-27(2,3)4)16-21(25(30)31)13-10-18-8-11-19(12-9-18)20-14-15-24(29)23(28)17-20/h8-9,11-12,14-15,17,21-22H,5-7,10,13,16H2,1-4H3,(H,30,31)/t21-,22+/m1/s1. The van der Waals surface area contributed by atoms with Gasteiger partial charge in [0.2, 0.25) is 0 Å². The molecule has 0 spiro atoms. The summed E-state index contributed by atoms with van der Waals surface area (Å²) in [6.07, 6.45) is 3.70. The molecule has 0 radical (unpaired) electrons. The number of carbonyl (C=O) groups is 2. The lowest BCUT2D eigenvalue weighted by molar-refractivity contribution is -0.161.